The molecule has 0 saturated carbocycles. The molecule has 0 aliphatic heterocycles. The molecular formula is C27H24O2. The first-order valence-electron chi connectivity index (χ1n) is 9.77. The Hall–Kier alpha value is -3.52. The van der Waals surface area contributed by atoms with E-state index in [0.717, 1.165) is 28.0 Å². The third-order valence-corrected chi connectivity index (χ3v) is 5.32. The van der Waals surface area contributed by atoms with Crippen LogP contribution < -0.4 is 4.74 Å². The van der Waals surface area contributed by atoms with Gasteiger partial charge in [0.05, 0.1) is 0 Å². The predicted molar refractivity (Wildman–Crippen MR) is 119 cm³/mol. The maximum Gasteiger partial charge on any atom is 0.135 e. The van der Waals surface area contributed by atoms with E-state index in [1.807, 2.05) is 66.7 Å². The summed E-state index contributed by atoms with van der Waals surface area (Å²) >= 11 is 0. The van der Waals surface area contributed by atoms with Gasteiger partial charge in [0.1, 0.15) is 17.2 Å². The fourth-order valence-electron chi connectivity index (χ4n) is 3.76. The van der Waals surface area contributed by atoms with E-state index >= 15 is 0 Å². The van der Waals surface area contributed by atoms with Crippen molar-refractivity contribution in [3.63, 3.8) is 0 Å². The molecule has 0 bridgehead atoms. The van der Waals surface area contributed by atoms with Gasteiger partial charge >= 0.3 is 0 Å². The van der Waals surface area contributed by atoms with E-state index in [4.69, 9.17) is 4.74 Å². The maximum absolute atomic E-state index is 10.8. The van der Waals surface area contributed by atoms with Crippen molar-refractivity contribution >= 4 is 0 Å². The summed E-state index contributed by atoms with van der Waals surface area (Å²) in [6.07, 6.45) is 0. The Kier molecular flexibility index (Phi) is 5.09. The van der Waals surface area contributed by atoms with E-state index < -0.39 is 5.41 Å². The van der Waals surface area contributed by atoms with Gasteiger partial charge in [-0.3, -0.25) is 0 Å². The summed E-state index contributed by atoms with van der Waals surface area (Å²) in [6.45, 7) is 4.21. The molecule has 0 radical (unpaired) electrons. The van der Waals surface area contributed by atoms with Crippen LogP contribution in [-0.2, 0) is 5.41 Å². The highest BCUT2D eigenvalue weighted by Gasteiger charge is 2.30. The summed E-state index contributed by atoms with van der Waals surface area (Å²) < 4.78 is 6.42. The van der Waals surface area contributed by atoms with E-state index in [-0.39, 0.29) is 5.75 Å². The lowest BCUT2D eigenvalue weighted by Crippen LogP contribution is -2.20. The van der Waals surface area contributed by atoms with Crippen molar-refractivity contribution in [1.82, 2.24) is 0 Å². The molecule has 0 spiro atoms. The largest absolute Gasteiger partial charge is 0.507 e. The molecule has 0 unspecified atom stereocenters. The summed E-state index contributed by atoms with van der Waals surface area (Å²) in [7, 11) is 0. The highest BCUT2D eigenvalue weighted by atomic mass is 16.5. The Balaban J connectivity index is 1.81. The molecule has 0 aromatic heterocycles. The van der Waals surface area contributed by atoms with Crippen molar-refractivity contribution in [2.45, 2.75) is 19.3 Å². The van der Waals surface area contributed by atoms with Crippen molar-refractivity contribution < 1.29 is 9.84 Å². The van der Waals surface area contributed by atoms with Gasteiger partial charge in [-0.2, -0.15) is 0 Å². The molecule has 0 amide bonds. The lowest BCUT2D eigenvalue weighted by molar-refractivity contribution is 0.424. The third-order valence-electron chi connectivity index (χ3n) is 5.32. The van der Waals surface area contributed by atoms with E-state index in [0.29, 0.717) is 5.75 Å². The first-order chi connectivity index (χ1) is 14.1. The smallest absolute Gasteiger partial charge is 0.135 e. The SMILES string of the molecule is CC(C)(c1ccccc1)c1c(O)cccc1Oc1ccccc1-c1ccccc1. The molecule has 1 N–H and O–H groups in total. The van der Waals surface area contributed by atoms with Crippen LogP contribution >= 0.6 is 0 Å². The van der Waals surface area contributed by atoms with Crippen LogP contribution in [0.4, 0.5) is 0 Å². The summed E-state index contributed by atoms with van der Waals surface area (Å²) in [5.41, 5.74) is 3.56. The minimum Gasteiger partial charge on any atom is -0.507 e. The molecule has 0 fully saturated rings. The van der Waals surface area contributed by atoms with Crippen LogP contribution in [0.25, 0.3) is 11.1 Å². The molecule has 0 heterocycles. The van der Waals surface area contributed by atoms with Crippen LogP contribution in [0.15, 0.2) is 103 Å². The lowest BCUT2D eigenvalue weighted by Gasteiger charge is -2.29. The monoisotopic (exact) mass is 380 g/mol. The molecule has 0 atom stereocenters. The van der Waals surface area contributed by atoms with E-state index in [2.05, 4.69) is 44.2 Å². The Morgan fingerprint density at radius 3 is 1.93 bits per heavy atom. The van der Waals surface area contributed by atoms with Gasteiger partial charge in [0, 0.05) is 16.5 Å². The minimum atomic E-state index is -0.427. The third kappa shape index (κ3) is 3.74. The molecule has 29 heavy (non-hydrogen) atoms. The number of para-hydroxylation sites is 1. The van der Waals surface area contributed by atoms with Gasteiger partial charge in [-0.25, -0.2) is 0 Å². The Labute approximate surface area is 172 Å². The molecule has 0 saturated heterocycles. The van der Waals surface area contributed by atoms with Crippen molar-refractivity contribution in [2.75, 3.05) is 0 Å². The molecule has 2 nitrogen and oxygen atoms in total. The van der Waals surface area contributed by atoms with Gasteiger partial charge in [-0.05, 0) is 29.3 Å². The molecule has 144 valence electrons. The van der Waals surface area contributed by atoms with Gasteiger partial charge in [-0.15, -0.1) is 0 Å². The summed E-state index contributed by atoms with van der Waals surface area (Å²) in [4.78, 5) is 0. The molecule has 0 aliphatic carbocycles. The molecule has 4 aromatic carbocycles. The van der Waals surface area contributed by atoms with Gasteiger partial charge in [0.2, 0.25) is 0 Å². The maximum atomic E-state index is 10.8. The van der Waals surface area contributed by atoms with E-state index in [1.54, 1.807) is 6.07 Å². The van der Waals surface area contributed by atoms with Crippen LogP contribution in [0, 0.1) is 0 Å². The van der Waals surface area contributed by atoms with Crippen molar-refractivity contribution in [2.24, 2.45) is 0 Å². The molecule has 4 aromatic rings. The van der Waals surface area contributed by atoms with Crippen LogP contribution in [-0.4, -0.2) is 5.11 Å². The zero-order chi connectivity index (χ0) is 20.3. The van der Waals surface area contributed by atoms with Gasteiger partial charge in [0.25, 0.3) is 0 Å². The van der Waals surface area contributed by atoms with E-state index in [9.17, 15) is 5.11 Å². The first kappa shape index (κ1) is 18.8. The summed E-state index contributed by atoms with van der Waals surface area (Å²) in [5, 5.41) is 10.8. The lowest BCUT2D eigenvalue weighted by atomic mass is 9.77. The molecule has 0 aliphatic rings. The quantitative estimate of drug-likeness (QED) is 0.397. The number of ether oxygens (including phenoxy) is 1. The number of hydrogen-bond acceptors (Lipinski definition) is 2. The number of rotatable bonds is 5. The average Bonchev–Trinajstić information content (AvgIpc) is 2.75. The van der Waals surface area contributed by atoms with Crippen LogP contribution in [0.1, 0.15) is 25.0 Å². The normalized spacial score (nSPS) is 11.2. The summed E-state index contributed by atoms with van der Waals surface area (Å²) in [6, 6.07) is 33.8. The Morgan fingerprint density at radius 1 is 0.621 bits per heavy atom. The first-order valence-corrected chi connectivity index (χ1v) is 9.77. The highest BCUT2D eigenvalue weighted by molar-refractivity contribution is 5.71. The Morgan fingerprint density at radius 2 is 1.21 bits per heavy atom. The topological polar surface area (TPSA) is 29.5 Å². The number of phenolic OH excluding ortho intramolecular Hbond substituents is 1. The van der Waals surface area contributed by atoms with Crippen LogP contribution in [0.2, 0.25) is 0 Å². The fourth-order valence-corrected chi connectivity index (χ4v) is 3.76. The Bertz CT molecular complexity index is 1100. The van der Waals surface area contributed by atoms with Crippen LogP contribution in [0.5, 0.6) is 17.2 Å². The molecule has 4 rings (SSSR count). The van der Waals surface area contributed by atoms with Gasteiger partial charge < -0.3 is 9.84 Å². The average molecular weight is 380 g/mol. The van der Waals surface area contributed by atoms with E-state index in [1.165, 1.54) is 0 Å². The standard InChI is InChI=1S/C27H24O2/c1-27(2,21-14-7-4-8-15-21)26-23(28)17-11-19-25(26)29-24-18-10-9-16-22(24)20-12-5-3-6-13-20/h3-19,28H,1-2H3. The van der Waals surface area contributed by atoms with Crippen LogP contribution in [0.3, 0.4) is 0 Å². The number of benzene rings is 4. The number of aromatic hydroxyl groups is 1. The second kappa shape index (κ2) is 7.84. The van der Waals surface area contributed by atoms with Crippen molar-refractivity contribution in [1.29, 1.82) is 0 Å². The number of hydrogen-bond donors (Lipinski definition) is 1. The zero-order valence-electron chi connectivity index (χ0n) is 16.7. The number of phenols is 1. The zero-order valence-corrected chi connectivity index (χ0v) is 16.7. The van der Waals surface area contributed by atoms with Crippen molar-refractivity contribution in [3.8, 4) is 28.4 Å². The fraction of sp³-hybridized carbons (Fsp3) is 0.111. The highest BCUT2D eigenvalue weighted by Crippen LogP contribution is 2.45. The van der Waals surface area contributed by atoms with Crippen molar-refractivity contribution in [3.05, 3.63) is 114 Å². The van der Waals surface area contributed by atoms with Gasteiger partial charge in [-0.1, -0.05) is 98.8 Å². The molecular weight excluding hydrogens is 356 g/mol. The summed E-state index contributed by atoms with van der Waals surface area (Å²) in [5.74, 6) is 1.64. The van der Waals surface area contributed by atoms with Gasteiger partial charge in [0.15, 0.2) is 0 Å². The molecule has 2 heteroatoms. The second-order valence-electron chi connectivity index (χ2n) is 7.61. The predicted octanol–water partition coefficient (Wildman–Crippen LogP) is 7.18. The minimum absolute atomic E-state index is 0.230. The second-order valence-corrected chi connectivity index (χ2v) is 7.61.